The molecule has 0 radical (unpaired) electrons. The molecule has 2 aromatic rings. The van der Waals surface area contributed by atoms with Gasteiger partial charge in [-0.2, -0.15) is 0 Å². The summed E-state index contributed by atoms with van der Waals surface area (Å²) in [5.41, 5.74) is 6.73. The summed E-state index contributed by atoms with van der Waals surface area (Å²) in [4.78, 5) is 18.8. The second-order valence-corrected chi connectivity index (χ2v) is 6.92. The van der Waals surface area contributed by atoms with Crippen LogP contribution in [-0.2, 0) is 17.9 Å². The lowest BCUT2D eigenvalue weighted by Crippen LogP contribution is -2.46. The number of aromatic nitrogens is 2. The second-order valence-electron chi connectivity index (χ2n) is 6.92. The summed E-state index contributed by atoms with van der Waals surface area (Å²) in [6.45, 7) is 3.80. The monoisotopic (exact) mass is 391 g/mol. The zero-order chi connectivity index (χ0) is 18.2. The molecule has 0 spiro atoms. The summed E-state index contributed by atoms with van der Waals surface area (Å²) in [7, 11) is 0. The number of hydrogen-bond donors (Lipinski definition) is 2. The summed E-state index contributed by atoms with van der Waals surface area (Å²) in [5, 5.41) is 3.03. The summed E-state index contributed by atoms with van der Waals surface area (Å²) < 4.78 is 2.22. The van der Waals surface area contributed by atoms with Crippen LogP contribution in [-0.4, -0.2) is 46.0 Å². The molecule has 3 N–H and O–H groups in total. The average molecular weight is 392 g/mol. The number of piperidine rings is 1. The fraction of sp³-hybridized carbons (Fsp3) is 0.500. The van der Waals surface area contributed by atoms with Crippen LogP contribution in [0.5, 0.6) is 0 Å². The third kappa shape index (κ3) is 6.34. The minimum atomic E-state index is 0. The Balaban J connectivity index is 0.00000261. The number of carbonyl (C=O) groups excluding carboxylic acids is 1. The molecule has 0 saturated carbocycles. The van der Waals surface area contributed by atoms with E-state index in [2.05, 4.69) is 44.0 Å². The number of nitrogens with one attached hydrogen (secondary N) is 1. The number of imidazole rings is 1. The number of likely N-dealkylation sites (tertiary alicyclic amines) is 1. The number of benzene rings is 1. The van der Waals surface area contributed by atoms with Gasteiger partial charge in [0.05, 0.1) is 6.54 Å². The molecule has 6 nitrogen and oxygen atoms in total. The Morgan fingerprint density at radius 2 is 2.04 bits per heavy atom. The molecule has 3 rings (SSSR count). The average Bonchev–Trinajstić information content (AvgIpc) is 3.09. The molecule has 2 heterocycles. The summed E-state index contributed by atoms with van der Waals surface area (Å²) >= 11 is 0. The van der Waals surface area contributed by atoms with Gasteiger partial charge in [-0.05, 0) is 24.9 Å². The molecule has 1 aliphatic rings. The SMILES string of the molecule is Cl.NCCC(=O)NCC1CCCCN1Cc1nccn1Cc1ccccc1. The fourth-order valence-electron chi connectivity index (χ4n) is 3.55. The maximum atomic E-state index is 11.7. The number of amides is 1. The summed E-state index contributed by atoms with van der Waals surface area (Å²) in [6, 6.07) is 10.8. The van der Waals surface area contributed by atoms with E-state index in [1.165, 1.54) is 18.4 Å². The van der Waals surface area contributed by atoms with E-state index in [1.807, 2.05) is 18.5 Å². The van der Waals surface area contributed by atoms with Crippen molar-refractivity contribution >= 4 is 18.3 Å². The van der Waals surface area contributed by atoms with E-state index >= 15 is 0 Å². The number of nitrogens with two attached hydrogens (primary N) is 1. The Morgan fingerprint density at radius 3 is 2.81 bits per heavy atom. The molecule has 1 aromatic carbocycles. The first-order valence-corrected chi connectivity index (χ1v) is 9.51. The van der Waals surface area contributed by atoms with Gasteiger partial charge in [-0.3, -0.25) is 9.69 Å². The van der Waals surface area contributed by atoms with Crippen molar-refractivity contribution < 1.29 is 4.79 Å². The van der Waals surface area contributed by atoms with Crippen molar-refractivity contribution in [2.24, 2.45) is 5.73 Å². The topological polar surface area (TPSA) is 76.2 Å². The minimum absolute atomic E-state index is 0. The van der Waals surface area contributed by atoms with Crippen molar-refractivity contribution in [2.45, 2.75) is 44.8 Å². The van der Waals surface area contributed by atoms with Gasteiger partial charge in [-0.15, -0.1) is 12.4 Å². The highest BCUT2D eigenvalue weighted by molar-refractivity contribution is 5.85. The van der Waals surface area contributed by atoms with Crippen LogP contribution < -0.4 is 11.1 Å². The smallest absolute Gasteiger partial charge is 0.221 e. The molecule has 1 atom stereocenters. The minimum Gasteiger partial charge on any atom is -0.354 e. The Morgan fingerprint density at radius 1 is 1.22 bits per heavy atom. The van der Waals surface area contributed by atoms with Crippen molar-refractivity contribution in [3.8, 4) is 0 Å². The second kappa shape index (κ2) is 11.1. The quantitative estimate of drug-likeness (QED) is 0.723. The van der Waals surface area contributed by atoms with Crippen molar-refractivity contribution in [1.29, 1.82) is 0 Å². The molecule has 0 aliphatic carbocycles. The maximum absolute atomic E-state index is 11.7. The zero-order valence-corrected chi connectivity index (χ0v) is 16.5. The van der Waals surface area contributed by atoms with Gasteiger partial charge in [0.2, 0.25) is 5.91 Å². The van der Waals surface area contributed by atoms with Crippen LogP contribution >= 0.6 is 12.4 Å². The normalized spacial score (nSPS) is 17.3. The van der Waals surface area contributed by atoms with E-state index in [4.69, 9.17) is 5.73 Å². The molecule has 0 bridgehead atoms. The molecule has 1 aliphatic heterocycles. The molecule has 1 amide bonds. The van der Waals surface area contributed by atoms with Gasteiger partial charge in [0.25, 0.3) is 0 Å². The van der Waals surface area contributed by atoms with Crippen LogP contribution in [0, 0.1) is 0 Å². The number of nitrogens with zero attached hydrogens (tertiary/aromatic N) is 3. The third-order valence-electron chi connectivity index (χ3n) is 5.00. The zero-order valence-electron chi connectivity index (χ0n) is 15.7. The van der Waals surface area contributed by atoms with Gasteiger partial charge in [0.1, 0.15) is 5.82 Å². The van der Waals surface area contributed by atoms with Gasteiger partial charge < -0.3 is 15.6 Å². The Bertz CT molecular complexity index is 691. The van der Waals surface area contributed by atoms with Crippen molar-refractivity contribution in [3.05, 3.63) is 54.1 Å². The molecule has 1 unspecified atom stereocenters. The molecule has 27 heavy (non-hydrogen) atoms. The van der Waals surface area contributed by atoms with Crippen LogP contribution in [0.25, 0.3) is 0 Å². The molecule has 148 valence electrons. The standard InChI is InChI=1S/C20H29N5O.ClH/c21-10-9-20(26)23-14-18-8-4-5-12-24(18)16-19-22-11-13-25(19)15-17-6-2-1-3-7-17;/h1-3,6-7,11,13,18H,4-5,8-10,12,14-16,21H2,(H,23,26);1H. The fourth-order valence-corrected chi connectivity index (χ4v) is 3.55. The van der Waals surface area contributed by atoms with Gasteiger partial charge in [-0.1, -0.05) is 36.8 Å². The number of hydrogen-bond acceptors (Lipinski definition) is 4. The van der Waals surface area contributed by atoms with Gasteiger partial charge in [0.15, 0.2) is 0 Å². The highest BCUT2D eigenvalue weighted by Gasteiger charge is 2.24. The first-order valence-electron chi connectivity index (χ1n) is 9.51. The van der Waals surface area contributed by atoms with Crippen LogP contribution in [0.15, 0.2) is 42.7 Å². The van der Waals surface area contributed by atoms with E-state index in [0.717, 1.165) is 31.9 Å². The summed E-state index contributed by atoms with van der Waals surface area (Å²) in [6.07, 6.45) is 7.85. The Kier molecular flexibility index (Phi) is 8.78. The molecule has 1 saturated heterocycles. The van der Waals surface area contributed by atoms with E-state index in [1.54, 1.807) is 0 Å². The van der Waals surface area contributed by atoms with E-state index in [0.29, 0.717) is 25.6 Å². The van der Waals surface area contributed by atoms with E-state index in [9.17, 15) is 4.79 Å². The summed E-state index contributed by atoms with van der Waals surface area (Å²) in [5.74, 6) is 1.12. The Labute approximate surface area is 167 Å². The van der Waals surface area contributed by atoms with Crippen LogP contribution in [0.1, 0.15) is 37.1 Å². The highest BCUT2D eigenvalue weighted by atomic mass is 35.5. The highest BCUT2D eigenvalue weighted by Crippen LogP contribution is 2.19. The van der Waals surface area contributed by atoms with Crippen molar-refractivity contribution in [2.75, 3.05) is 19.6 Å². The lowest BCUT2D eigenvalue weighted by Gasteiger charge is -2.35. The first-order chi connectivity index (χ1) is 12.8. The maximum Gasteiger partial charge on any atom is 0.221 e. The number of halogens is 1. The van der Waals surface area contributed by atoms with E-state index < -0.39 is 0 Å². The predicted octanol–water partition coefficient (Wildman–Crippen LogP) is 2.17. The largest absolute Gasteiger partial charge is 0.354 e. The van der Waals surface area contributed by atoms with Crippen LogP contribution in [0.3, 0.4) is 0 Å². The predicted molar refractivity (Wildman–Crippen MR) is 110 cm³/mol. The molecule has 1 aromatic heterocycles. The number of carbonyl (C=O) groups is 1. The molecular weight excluding hydrogens is 362 g/mol. The van der Waals surface area contributed by atoms with Crippen molar-refractivity contribution in [3.63, 3.8) is 0 Å². The van der Waals surface area contributed by atoms with Crippen LogP contribution in [0.4, 0.5) is 0 Å². The van der Waals surface area contributed by atoms with Gasteiger partial charge in [-0.25, -0.2) is 4.98 Å². The van der Waals surface area contributed by atoms with Crippen LogP contribution in [0.2, 0.25) is 0 Å². The van der Waals surface area contributed by atoms with E-state index in [-0.39, 0.29) is 18.3 Å². The lowest BCUT2D eigenvalue weighted by molar-refractivity contribution is -0.121. The molecule has 1 fully saturated rings. The van der Waals surface area contributed by atoms with Crippen molar-refractivity contribution in [1.82, 2.24) is 19.8 Å². The van der Waals surface area contributed by atoms with Gasteiger partial charge >= 0.3 is 0 Å². The lowest BCUT2D eigenvalue weighted by atomic mass is 10.0. The third-order valence-corrected chi connectivity index (χ3v) is 5.00. The van der Waals surface area contributed by atoms with Gasteiger partial charge in [0, 0.05) is 44.5 Å². The first kappa shape index (κ1) is 21.4. The Hall–Kier alpha value is -1.89. The molecule has 7 heteroatoms. The molecular formula is C20H30ClN5O. The number of rotatable bonds is 8.